The number of rotatable bonds is 4. The van der Waals surface area contributed by atoms with Crippen LogP contribution in [0, 0.1) is 0 Å². The first-order valence-corrected chi connectivity index (χ1v) is 9.68. The molecular weight excluding hydrogens is 276 g/mol. The zero-order chi connectivity index (χ0) is 14.5. The largest absolute Gasteiger partial charge is 0.371 e. The predicted molar refractivity (Wildman–Crippen MR) is 94.5 cm³/mol. The van der Waals surface area contributed by atoms with Gasteiger partial charge in [0.05, 0.1) is 0 Å². The van der Waals surface area contributed by atoms with Gasteiger partial charge in [-0.05, 0) is 55.6 Å². The summed E-state index contributed by atoms with van der Waals surface area (Å²) < 4.78 is 0. The third kappa shape index (κ3) is 4.17. The average molecular weight is 305 g/mol. The zero-order valence-electron chi connectivity index (χ0n) is 13.2. The molecule has 1 unspecified atom stereocenters. The number of aryl methyl sites for hydroxylation is 1. The Morgan fingerprint density at radius 2 is 1.86 bits per heavy atom. The third-order valence-electron chi connectivity index (χ3n) is 4.84. The van der Waals surface area contributed by atoms with Crippen LogP contribution in [0.1, 0.15) is 38.2 Å². The van der Waals surface area contributed by atoms with Crippen LogP contribution in [0.3, 0.4) is 0 Å². The molecule has 0 aliphatic carbocycles. The van der Waals surface area contributed by atoms with E-state index in [2.05, 4.69) is 53.2 Å². The number of piperidine rings is 1. The molecule has 21 heavy (non-hydrogen) atoms. The summed E-state index contributed by atoms with van der Waals surface area (Å²) in [6, 6.07) is 10.6. The third-order valence-corrected chi connectivity index (χ3v) is 6.05. The van der Waals surface area contributed by atoms with Gasteiger partial charge in [-0.1, -0.05) is 19.1 Å². The van der Waals surface area contributed by atoms with Crippen LogP contribution in [0.2, 0.25) is 0 Å². The van der Waals surface area contributed by atoms with Gasteiger partial charge in [-0.25, -0.2) is 0 Å². The van der Waals surface area contributed by atoms with Gasteiger partial charge in [-0.2, -0.15) is 11.8 Å². The molecule has 0 spiro atoms. The van der Waals surface area contributed by atoms with Gasteiger partial charge in [0, 0.05) is 36.6 Å². The fourth-order valence-electron chi connectivity index (χ4n) is 3.45. The molecule has 3 heteroatoms. The maximum Gasteiger partial charge on any atom is 0.0366 e. The Bertz CT molecular complexity index is 417. The Morgan fingerprint density at radius 3 is 2.48 bits per heavy atom. The van der Waals surface area contributed by atoms with Crippen molar-refractivity contribution in [1.29, 1.82) is 0 Å². The number of anilines is 1. The van der Waals surface area contributed by atoms with E-state index in [0.29, 0.717) is 0 Å². The molecule has 2 saturated heterocycles. The van der Waals surface area contributed by atoms with E-state index in [1.807, 2.05) is 0 Å². The van der Waals surface area contributed by atoms with Crippen molar-refractivity contribution in [1.82, 2.24) is 5.32 Å². The second-order valence-electron chi connectivity index (χ2n) is 6.36. The number of hydrogen-bond donors (Lipinski definition) is 1. The molecule has 1 aromatic carbocycles. The van der Waals surface area contributed by atoms with Crippen LogP contribution in [0.15, 0.2) is 24.3 Å². The summed E-state index contributed by atoms with van der Waals surface area (Å²) in [7, 11) is 0. The molecule has 2 aliphatic rings. The van der Waals surface area contributed by atoms with Crippen LogP contribution in [-0.2, 0) is 6.42 Å². The average Bonchev–Trinajstić information content (AvgIpc) is 2.57. The van der Waals surface area contributed by atoms with Gasteiger partial charge in [0.1, 0.15) is 0 Å². The molecule has 2 nitrogen and oxygen atoms in total. The van der Waals surface area contributed by atoms with Crippen molar-refractivity contribution in [2.45, 2.75) is 51.1 Å². The van der Waals surface area contributed by atoms with Crippen molar-refractivity contribution < 1.29 is 0 Å². The molecule has 0 aromatic heterocycles. The topological polar surface area (TPSA) is 15.3 Å². The van der Waals surface area contributed by atoms with Crippen molar-refractivity contribution >= 4 is 17.4 Å². The van der Waals surface area contributed by atoms with Crippen LogP contribution in [0.5, 0.6) is 0 Å². The summed E-state index contributed by atoms with van der Waals surface area (Å²) in [5.41, 5.74) is 2.84. The number of nitrogens with one attached hydrogen (secondary N) is 1. The Morgan fingerprint density at radius 1 is 1.10 bits per heavy atom. The number of thioether (sulfide) groups is 1. The minimum absolute atomic E-state index is 0.736. The predicted octanol–water partition coefficient (Wildman–Crippen LogP) is 3.70. The van der Waals surface area contributed by atoms with Gasteiger partial charge >= 0.3 is 0 Å². The lowest BCUT2D eigenvalue weighted by atomic mass is 10.0. The van der Waals surface area contributed by atoms with Gasteiger partial charge in [-0.15, -0.1) is 0 Å². The maximum absolute atomic E-state index is 3.90. The molecule has 116 valence electrons. The summed E-state index contributed by atoms with van der Waals surface area (Å²) in [6.45, 7) is 4.61. The van der Waals surface area contributed by atoms with E-state index in [9.17, 15) is 0 Å². The summed E-state index contributed by atoms with van der Waals surface area (Å²) in [6.07, 6.45) is 6.48. The Hall–Kier alpha value is -0.670. The molecule has 1 atom stereocenters. The lowest BCUT2D eigenvalue weighted by Crippen LogP contribution is -2.47. The molecule has 3 rings (SSSR count). The van der Waals surface area contributed by atoms with E-state index in [-0.39, 0.29) is 0 Å². The molecular formula is C18H28N2S. The molecule has 0 amide bonds. The van der Waals surface area contributed by atoms with E-state index in [1.165, 1.54) is 61.5 Å². The van der Waals surface area contributed by atoms with E-state index < -0.39 is 0 Å². The van der Waals surface area contributed by atoms with Crippen LogP contribution < -0.4 is 10.2 Å². The van der Waals surface area contributed by atoms with Crippen molar-refractivity contribution in [2.75, 3.05) is 29.5 Å². The Balaban J connectivity index is 1.47. The van der Waals surface area contributed by atoms with Gasteiger partial charge in [0.25, 0.3) is 0 Å². The number of nitrogens with zero attached hydrogens (tertiary/aromatic N) is 1. The smallest absolute Gasteiger partial charge is 0.0366 e. The Labute approximate surface area is 133 Å². The standard InChI is InChI=1S/C18H28N2S/c1-2-15-5-7-18(8-6-15)20-11-9-16(10-12-20)19-17-4-3-13-21-14-17/h5-8,16-17,19H,2-4,9-14H2,1H3. The molecule has 0 saturated carbocycles. The monoisotopic (exact) mass is 304 g/mol. The Kier molecular flexibility index (Phi) is 5.48. The molecule has 2 aliphatic heterocycles. The first-order valence-electron chi connectivity index (χ1n) is 8.53. The second-order valence-corrected chi connectivity index (χ2v) is 7.51. The van der Waals surface area contributed by atoms with E-state index in [0.717, 1.165) is 18.5 Å². The van der Waals surface area contributed by atoms with Crippen molar-refractivity contribution in [2.24, 2.45) is 0 Å². The second kappa shape index (κ2) is 7.55. The minimum Gasteiger partial charge on any atom is -0.371 e. The highest BCUT2D eigenvalue weighted by molar-refractivity contribution is 7.99. The van der Waals surface area contributed by atoms with Gasteiger partial charge in [0.15, 0.2) is 0 Å². The summed E-state index contributed by atoms with van der Waals surface area (Å²) in [5.74, 6) is 2.68. The highest BCUT2D eigenvalue weighted by atomic mass is 32.2. The maximum atomic E-state index is 3.90. The highest BCUT2D eigenvalue weighted by Gasteiger charge is 2.22. The summed E-state index contributed by atoms with van der Waals surface area (Å²) in [4.78, 5) is 2.55. The van der Waals surface area contributed by atoms with Crippen molar-refractivity contribution in [3.8, 4) is 0 Å². The first-order chi connectivity index (χ1) is 10.3. The zero-order valence-corrected chi connectivity index (χ0v) is 14.0. The van der Waals surface area contributed by atoms with E-state index >= 15 is 0 Å². The normalized spacial score (nSPS) is 24.2. The highest BCUT2D eigenvalue weighted by Crippen LogP contribution is 2.23. The fourth-order valence-corrected chi connectivity index (χ4v) is 4.54. The lowest BCUT2D eigenvalue weighted by Gasteiger charge is -2.36. The van der Waals surface area contributed by atoms with Crippen LogP contribution in [-0.4, -0.2) is 36.7 Å². The number of benzene rings is 1. The van der Waals surface area contributed by atoms with E-state index in [4.69, 9.17) is 0 Å². The summed E-state index contributed by atoms with van der Waals surface area (Å²) in [5, 5.41) is 3.90. The molecule has 1 aromatic rings. The number of hydrogen-bond acceptors (Lipinski definition) is 3. The lowest BCUT2D eigenvalue weighted by molar-refractivity contribution is 0.365. The first kappa shape index (κ1) is 15.2. The molecule has 0 bridgehead atoms. The molecule has 1 N–H and O–H groups in total. The van der Waals surface area contributed by atoms with E-state index in [1.54, 1.807) is 0 Å². The molecule has 2 heterocycles. The van der Waals surface area contributed by atoms with Crippen molar-refractivity contribution in [3.05, 3.63) is 29.8 Å². The van der Waals surface area contributed by atoms with Crippen LogP contribution in [0.4, 0.5) is 5.69 Å². The minimum atomic E-state index is 0.736. The van der Waals surface area contributed by atoms with Crippen molar-refractivity contribution in [3.63, 3.8) is 0 Å². The molecule has 2 fully saturated rings. The van der Waals surface area contributed by atoms with Crippen LogP contribution in [0.25, 0.3) is 0 Å². The van der Waals surface area contributed by atoms with Crippen LogP contribution >= 0.6 is 11.8 Å². The van der Waals surface area contributed by atoms with Gasteiger partial charge < -0.3 is 10.2 Å². The van der Waals surface area contributed by atoms with Gasteiger partial charge in [0.2, 0.25) is 0 Å². The van der Waals surface area contributed by atoms with Gasteiger partial charge in [-0.3, -0.25) is 0 Å². The SMILES string of the molecule is CCc1ccc(N2CCC(NC3CCCSC3)CC2)cc1. The molecule has 0 radical (unpaired) electrons. The fraction of sp³-hybridized carbons (Fsp3) is 0.667. The quantitative estimate of drug-likeness (QED) is 0.913. The summed E-state index contributed by atoms with van der Waals surface area (Å²) >= 11 is 2.12.